The van der Waals surface area contributed by atoms with Gasteiger partial charge in [0.2, 0.25) is 0 Å². The summed E-state index contributed by atoms with van der Waals surface area (Å²) in [6.07, 6.45) is 2.40. The van der Waals surface area contributed by atoms with Gasteiger partial charge in [-0.15, -0.1) is 11.3 Å². The standard InChI is InChI=1S/C14H16N2S/c1-10-12(11-5-3-2-4-6-11)16-13(17-10)14(9-15)7-8-14/h2-6H,7-9,15H2,1H3. The predicted molar refractivity (Wildman–Crippen MR) is 72.3 cm³/mol. The highest BCUT2D eigenvalue weighted by molar-refractivity contribution is 7.12. The van der Waals surface area contributed by atoms with Gasteiger partial charge in [-0.3, -0.25) is 0 Å². The molecular weight excluding hydrogens is 228 g/mol. The first-order chi connectivity index (χ1) is 8.25. The van der Waals surface area contributed by atoms with Crippen molar-refractivity contribution in [3.8, 4) is 11.3 Å². The van der Waals surface area contributed by atoms with Crippen molar-refractivity contribution < 1.29 is 0 Å². The minimum absolute atomic E-state index is 0.211. The summed E-state index contributed by atoms with van der Waals surface area (Å²) < 4.78 is 0. The van der Waals surface area contributed by atoms with Gasteiger partial charge in [0.25, 0.3) is 0 Å². The smallest absolute Gasteiger partial charge is 0.101 e. The maximum atomic E-state index is 5.87. The number of nitrogens with zero attached hydrogens (tertiary/aromatic N) is 1. The molecule has 1 aliphatic carbocycles. The molecule has 0 unspecified atom stereocenters. The number of aryl methyl sites for hydroxylation is 1. The topological polar surface area (TPSA) is 38.9 Å². The van der Waals surface area contributed by atoms with Gasteiger partial charge in [0.05, 0.1) is 5.69 Å². The van der Waals surface area contributed by atoms with Crippen LogP contribution in [0.4, 0.5) is 0 Å². The number of aromatic nitrogens is 1. The van der Waals surface area contributed by atoms with E-state index in [2.05, 4.69) is 31.2 Å². The van der Waals surface area contributed by atoms with Gasteiger partial charge in [-0.25, -0.2) is 4.98 Å². The Labute approximate surface area is 106 Å². The van der Waals surface area contributed by atoms with Crippen molar-refractivity contribution in [3.63, 3.8) is 0 Å². The van der Waals surface area contributed by atoms with Crippen molar-refractivity contribution in [2.75, 3.05) is 6.54 Å². The number of thiazole rings is 1. The van der Waals surface area contributed by atoms with E-state index in [1.54, 1.807) is 0 Å². The van der Waals surface area contributed by atoms with Crippen molar-refractivity contribution in [2.24, 2.45) is 5.73 Å². The van der Waals surface area contributed by atoms with Crippen LogP contribution in [-0.4, -0.2) is 11.5 Å². The molecule has 1 aromatic heterocycles. The van der Waals surface area contributed by atoms with Gasteiger partial charge in [-0.05, 0) is 19.8 Å². The maximum absolute atomic E-state index is 5.87. The highest BCUT2D eigenvalue weighted by atomic mass is 32.1. The third kappa shape index (κ3) is 1.79. The van der Waals surface area contributed by atoms with E-state index in [0.29, 0.717) is 0 Å². The van der Waals surface area contributed by atoms with Crippen LogP contribution in [0.15, 0.2) is 30.3 Å². The average molecular weight is 244 g/mol. The molecule has 88 valence electrons. The summed E-state index contributed by atoms with van der Waals surface area (Å²) in [6, 6.07) is 10.4. The summed E-state index contributed by atoms with van der Waals surface area (Å²) >= 11 is 1.81. The molecule has 1 heterocycles. The Morgan fingerprint density at radius 3 is 2.59 bits per heavy atom. The SMILES string of the molecule is Cc1sc(C2(CN)CC2)nc1-c1ccccc1. The van der Waals surface area contributed by atoms with E-state index in [4.69, 9.17) is 10.7 Å². The molecule has 17 heavy (non-hydrogen) atoms. The zero-order chi connectivity index (χ0) is 11.9. The van der Waals surface area contributed by atoms with Gasteiger partial charge in [0.1, 0.15) is 5.01 Å². The van der Waals surface area contributed by atoms with Crippen molar-refractivity contribution in [1.82, 2.24) is 4.98 Å². The largest absolute Gasteiger partial charge is 0.329 e. The van der Waals surface area contributed by atoms with E-state index in [-0.39, 0.29) is 5.41 Å². The molecule has 1 saturated carbocycles. The molecule has 1 aliphatic rings. The van der Waals surface area contributed by atoms with Crippen LogP contribution in [0.2, 0.25) is 0 Å². The molecule has 3 rings (SSSR count). The lowest BCUT2D eigenvalue weighted by molar-refractivity contribution is 0.698. The second-order valence-electron chi connectivity index (χ2n) is 4.77. The molecular formula is C14H16N2S. The fraction of sp³-hybridized carbons (Fsp3) is 0.357. The number of hydrogen-bond acceptors (Lipinski definition) is 3. The Balaban J connectivity index is 2.03. The van der Waals surface area contributed by atoms with E-state index >= 15 is 0 Å². The lowest BCUT2D eigenvalue weighted by Crippen LogP contribution is -2.19. The number of nitrogens with two attached hydrogens (primary N) is 1. The molecule has 1 aromatic carbocycles. The van der Waals surface area contributed by atoms with Gasteiger partial charge >= 0.3 is 0 Å². The van der Waals surface area contributed by atoms with E-state index in [1.165, 1.54) is 28.3 Å². The Kier molecular flexibility index (Phi) is 2.53. The van der Waals surface area contributed by atoms with E-state index in [9.17, 15) is 0 Å². The molecule has 0 aliphatic heterocycles. The summed E-state index contributed by atoms with van der Waals surface area (Å²) in [5.74, 6) is 0. The number of rotatable bonds is 3. The van der Waals surface area contributed by atoms with Crippen LogP contribution in [-0.2, 0) is 5.41 Å². The molecule has 0 bridgehead atoms. The van der Waals surface area contributed by atoms with E-state index in [1.807, 2.05) is 17.4 Å². The maximum Gasteiger partial charge on any atom is 0.101 e. The third-order valence-corrected chi connectivity index (χ3v) is 4.76. The Morgan fingerprint density at radius 2 is 2.00 bits per heavy atom. The fourth-order valence-corrected chi connectivity index (χ4v) is 3.33. The normalized spacial score (nSPS) is 17.1. The lowest BCUT2D eigenvalue weighted by atomic mass is 10.1. The second kappa shape index (κ2) is 3.93. The summed E-state index contributed by atoms with van der Waals surface area (Å²) in [7, 11) is 0. The van der Waals surface area contributed by atoms with Crippen molar-refractivity contribution in [3.05, 3.63) is 40.2 Å². The first-order valence-electron chi connectivity index (χ1n) is 5.99. The quantitative estimate of drug-likeness (QED) is 0.901. The molecule has 3 heteroatoms. The molecule has 0 saturated heterocycles. The molecule has 0 amide bonds. The van der Waals surface area contributed by atoms with Crippen LogP contribution in [0, 0.1) is 6.92 Å². The van der Waals surface area contributed by atoms with Crippen LogP contribution in [0.25, 0.3) is 11.3 Å². The summed E-state index contributed by atoms with van der Waals surface area (Å²) in [5.41, 5.74) is 8.41. The molecule has 2 aromatic rings. The Bertz CT molecular complexity index is 526. The highest BCUT2D eigenvalue weighted by Gasteiger charge is 2.45. The monoisotopic (exact) mass is 244 g/mol. The minimum Gasteiger partial charge on any atom is -0.329 e. The average Bonchev–Trinajstić information content (AvgIpc) is 3.08. The van der Waals surface area contributed by atoms with Crippen LogP contribution in [0.3, 0.4) is 0 Å². The lowest BCUT2D eigenvalue weighted by Gasteiger charge is -2.06. The molecule has 0 spiro atoms. The first kappa shape index (κ1) is 10.9. The Morgan fingerprint density at radius 1 is 1.29 bits per heavy atom. The first-order valence-corrected chi connectivity index (χ1v) is 6.80. The van der Waals surface area contributed by atoms with Gasteiger partial charge in [-0.2, -0.15) is 0 Å². The van der Waals surface area contributed by atoms with Gasteiger partial charge < -0.3 is 5.73 Å². The van der Waals surface area contributed by atoms with Gasteiger partial charge in [0, 0.05) is 22.4 Å². The van der Waals surface area contributed by atoms with Gasteiger partial charge in [0.15, 0.2) is 0 Å². The predicted octanol–water partition coefficient (Wildman–Crippen LogP) is 3.11. The minimum atomic E-state index is 0.211. The van der Waals surface area contributed by atoms with Crippen LogP contribution >= 0.6 is 11.3 Å². The number of hydrogen-bond donors (Lipinski definition) is 1. The fourth-order valence-electron chi connectivity index (χ4n) is 2.14. The molecule has 0 radical (unpaired) electrons. The Hall–Kier alpha value is -1.19. The van der Waals surface area contributed by atoms with Crippen LogP contribution < -0.4 is 5.73 Å². The molecule has 0 atom stereocenters. The van der Waals surface area contributed by atoms with Crippen molar-refractivity contribution >= 4 is 11.3 Å². The molecule has 2 nitrogen and oxygen atoms in total. The number of benzene rings is 1. The highest BCUT2D eigenvalue weighted by Crippen LogP contribution is 2.49. The van der Waals surface area contributed by atoms with E-state index < -0.39 is 0 Å². The van der Waals surface area contributed by atoms with E-state index in [0.717, 1.165) is 12.2 Å². The summed E-state index contributed by atoms with van der Waals surface area (Å²) in [6.45, 7) is 2.88. The van der Waals surface area contributed by atoms with Crippen LogP contribution in [0.5, 0.6) is 0 Å². The molecule has 2 N–H and O–H groups in total. The summed E-state index contributed by atoms with van der Waals surface area (Å²) in [4.78, 5) is 6.12. The zero-order valence-electron chi connectivity index (χ0n) is 9.94. The second-order valence-corrected chi connectivity index (χ2v) is 5.98. The third-order valence-electron chi connectivity index (χ3n) is 3.54. The molecule has 1 fully saturated rings. The zero-order valence-corrected chi connectivity index (χ0v) is 10.8. The summed E-state index contributed by atoms with van der Waals surface area (Å²) in [5, 5.41) is 1.23. The van der Waals surface area contributed by atoms with Crippen LogP contribution in [0.1, 0.15) is 22.7 Å². The van der Waals surface area contributed by atoms with Crippen molar-refractivity contribution in [2.45, 2.75) is 25.2 Å². The van der Waals surface area contributed by atoms with Gasteiger partial charge in [-0.1, -0.05) is 30.3 Å². The van der Waals surface area contributed by atoms with Crippen molar-refractivity contribution in [1.29, 1.82) is 0 Å².